The number of hydrogen-bond acceptors (Lipinski definition) is 6. The Morgan fingerprint density at radius 2 is 2.07 bits per heavy atom. The predicted molar refractivity (Wildman–Crippen MR) is 109 cm³/mol. The summed E-state index contributed by atoms with van der Waals surface area (Å²) in [5.74, 6) is 0.508. The topological polar surface area (TPSA) is 129 Å². The number of fused-ring (bicyclic) bond motifs is 3. The Balaban J connectivity index is 1.74. The summed E-state index contributed by atoms with van der Waals surface area (Å²) in [5, 5.41) is 6.77. The van der Waals surface area contributed by atoms with Crippen LogP contribution in [0.3, 0.4) is 0 Å². The van der Waals surface area contributed by atoms with E-state index >= 15 is 0 Å². The Kier molecular flexibility index (Phi) is 4.97. The molecule has 9 nitrogen and oxygen atoms in total. The third-order valence-corrected chi connectivity index (χ3v) is 6.68. The molecule has 4 N–H and O–H groups in total. The minimum Gasteiger partial charge on any atom is -0.359 e. The second-order valence-electron chi connectivity index (χ2n) is 6.94. The van der Waals surface area contributed by atoms with Crippen LogP contribution < -0.4 is 15.4 Å². The Morgan fingerprint density at radius 1 is 1.24 bits per heavy atom. The zero-order valence-electron chi connectivity index (χ0n) is 16.1. The molecule has 0 spiro atoms. The van der Waals surface area contributed by atoms with Crippen LogP contribution in [0.4, 0.5) is 11.5 Å². The Morgan fingerprint density at radius 3 is 2.83 bits per heavy atom. The number of nitrogens with one attached hydrogen (secondary N) is 4. The molecule has 2 heterocycles. The molecule has 1 amide bonds. The van der Waals surface area contributed by atoms with Gasteiger partial charge in [0.15, 0.2) is 0 Å². The number of aryl methyl sites for hydroxylation is 1. The summed E-state index contributed by atoms with van der Waals surface area (Å²) in [4.78, 5) is 24.3. The van der Waals surface area contributed by atoms with Crippen molar-refractivity contribution in [3.05, 3.63) is 41.9 Å². The van der Waals surface area contributed by atoms with Gasteiger partial charge in [0.25, 0.3) is 0 Å². The maximum absolute atomic E-state index is 12.1. The first-order valence-corrected chi connectivity index (χ1v) is 10.8. The number of aromatic nitrogens is 3. The smallest absolute Gasteiger partial charge is 0.240 e. The lowest BCUT2D eigenvalue weighted by Gasteiger charge is -2.21. The van der Waals surface area contributed by atoms with E-state index in [4.69, 9.17) is 0 Å². The van der Waals surface area contributed by atoms with E-state index in [0.717, 1.165) is 29.5 Å². The van der Waals surface area contributed by atoms with Crippen LogP contribution in [0.2, 0.25) is 0 Å². The number of aromatic amines is 1. The van der Waals surface area contributed by atoms with Crippen LogP contribution in [0, 0.1) is 5.92 Å². The van der Waals surface area contributed by atoms with Crippen molar-refractivity contribution >= 4 is 38.5 Å². The SMILES string of the molecule is CNC(=O)C1CCc2[nH]c3ncnc(Nc4cccc(S(=O)(=O)NC)c4)c3c2C1. The monoisotopic (exact) mass is 414 g/mol. The van der Waals surface area contributed by atoms with E-state index in [1.54, 1.807) is 25.2 Å². The van der Waals surface area contributed by atoms with E-state index in [1.165, 1.54) is 19.4 Å². The Bertz CT molecular complexity index is 1190. The van der Waals surface area contributed by atoms with Crippen molar-refractivity contribution < 1.29 is 13.2 Å². The molecule has 3 aromatic rings. The number of hydrogen-bond donors (Lipinski definition) is 4. The summed E-state index contributed by atoms with van der Waals surface area (Å²) >= 11 is 0. The number of anilines is 2. The minimum absolute atomic E-state index is 0.0290. The average molecular weight is 414 g/mol. The molecule has 0 radical (unpaired) electrons. The molecule has 1 atom stereocenters. The van der Waals surface area contributed by atoms with Crippen molar-refractivity contribution in [2.45, 2.75) is 24.2 Å². The highest BCUT2D eigenvalue weighted by Gasteiger charge is 2.28. The Labute approximate surface area is 168 Å². The van der Waals surface area contributed by atoms with Gasteiger partial charge in [0, 0.05) is 24.3 Å². The molecule has 0 aliphatic heterocycles. The van der Waals surface area contributed by atoms with Gasteiger partial charge in [-0.05, 0) is 50.1 Å². The van der Waals surface area contributed by atoms with Gasteiger partial charge in [-0.1, -0.05) is 6.07 Å². The normalized spacial score (nSPS) is 16.4. The fourth-order valence-corrected chi connectivity index (χ4v) is 4.53. The molecule has 29 heavy (non-hydrogen) atoms. The van der Waals surface area contributed by atoms with Crippen molar-refractivity contribution in [2.24, 2.45) is 5.92 Å². The fourth-order valence-electron chi connectivity index (χ4n) is 3.76. The van der Waals surface area contributed by atoms with E-state index in [-0.39, 0.29) is 16.7 Å². The van der Waals surface area contributed by atoms with Gasteiger partial charge < -0.3 is 15.6 Å². The molecule has 0 fully saturated rings. The third-order valence-electron chi connectivity index (χ3n) is 5.27. The van der Waals surface area contributed by atoms with Crippen LogP contribution in [0.1, 0.15) is 17.7 Å². The quantitative estimate of drug-likeness (QED) is 0.500. The van der Waals surface area contributed by atoms with E-state index in [1.807, 2.05) is 0 Å². The van der Waals surface area contributed by atoms with Crippen LogP contribution in [-0.4, -0.2) is 43.4 Å². The first kappa shape index (κ1) is 19.3. The van der Waals surface area contributed by atoms with Gasteiger partial charge in [-0.25, -0.2) is 23.1 Å². The molecular weight excluding hydrogens is 392 g/mol. The van der Waals surface area contributed by atoms with E-state index in [9.17, 15) is 13.2 Å². The molecule has 4 rings (SSSR count). The van der Waals surface area contributed by atoms with Crippen LogP contribution in [0.5, 0.6) is 0 Å². The number of benzene rings is 1. The molecule has 0 saturated carbocycles. The maximum atomic E-state index is 12.1. The zero-order valence-corrected chi connectivity index (χ0v) is 16.9. The highest BCUT2D eigenvalue weighted by Crippen LogP contribution is 2.35. The molecule has 2 aromatic heterocycles. The minimum atomic E-state index is -3.55. The number of H-pyrrole nitrogens is 1. The molecule has 0 bridgehead atoms. The lowest BCUT2D eigenvalue weighted by Crippen LogP contribution is -2.31. The largest absolute Gasteiger partial charge is 0.359 e. The van der Waals surface area contributed by atoms with E-state index < -0.39 is 10.0 Å². The lowest BCUT2D eigenvalue weighted by atomic mass is 9.86. The summed E-state index contributed by atoms with van der Waals surface area (Å²) in [6.45, 7) is 0. The zero-order chi connectivity index (χ0) is 20.6. The number of sulfonamides is 1. The maximum Gasteiger partial charge on any atom is 0.240 e. The van der Waals surface area contributed by atoms with Gasteiger partial charge in [0.05, 0.1) is 10.3 Å². The van der Waals surface area contributed by atoms with Crippen molar-refractivity contribution in [3.63, 3.8) is 0 Å². The van der Waals surface area contributed by atoms with Crippen LogP contribution in [0.25, 0.3) is 11.0 Å². The summed E-state index contributed by atoms with van der Waals surface area (Å²) in [6, 6.07) is 6.51. The highest BCUT2D eigenvalue weighted by atomic mass is 32.2. The number of carbonyl (C=O) groups excluding carboxylic acids is 1. The number of carbonyl (C=O) groups is 1. The van der Waals surface area contributed by atoms with Crippen LogP contribution >= 0.6 is 0 Å². The third kappa shape index (κ3) is 3.56. The molecule has 152 valence electrons. The van der Waals surface area contributed by atoms with Crippen molar-refractivity contribution in [1.82, 2.24) is 25.0 Å². The van der Waals surface area contributed by atoms with Gasteiger partial charge in [-0.15, -0.1) is 0 Å². The van der Waals surface area contributed by atoms with Gasteiger partial charge in [0.2, 0.25) is 15.9 Å². The molecule has 0 saturated heterocycles. The molecule has 1 unspecified atom stereocenters. The second kappa shape index (κ2) is 7.45. The summed E-state index contributed by atoms with van der Waals surface area (Å²) in [7, 11) is -0.531. The van der Waals surface area contributed by atoms with Gasteiger partial charge in [-0.3, -0.25) is 4.79 Å². The fraction of sp³-hybridized carbons (Fsp3) is 0.316. The van der Waals surface area contributed by atoms with Gasteiger partial charge in [0.1, 0.15) is 17.8 Å². The average Bonchev–Trinajstić information content (AvgIpc) is 3.12. The Hall–Kier alpha value is -2.98. The van der Waals surface area contributed by atoms with Gasteiger partial charge >= 0.3 is 0 Å². The summed E-state index contributed by atoms with van der Waals surface area (Å²) in [6.07, 6.45) is 3.60. The number of nitrogens with zero attached hydrogens (tertiary/aromatic N) is 2. The standard InChI is InChI=1S/C19H22N6O3S/c1-20-19(26)11-6-7-15-14(8-11)16-17(22-10-23-18(16)25-15)24-12-4-3-5-13(9-12)29(27,28)21-2/h3-5,9-11,21H,6-8H2,1-2H3,(H,20,26)(H2,22,23,24,25). The summed E-state index contributed by atoms with van der Waals surface area (Å²) in [5.41, 5.74) is 3.39. The first-order chi connectivity index (χ1) is 13.9. The van der Waals surface area contributed by atoms with Crippen molar-refractivity contribution in [1.29, 1.82) is 0 Å². The molecule has 1 aliphatic carbocycles. The van der Waals surface area contributed by atoms with E-state index in [0.29, 0.717) is 23.6 Å². The second-order valence-corrected chi connectivity index (χ2v) is 8.83. The highest BCUT2D eigenvalue weighted by molar-refractivity contribution is 7.89. The van der Waals surface area contributed by atoms with Crippen LogP contribution in [-0.2, 0) is 27.7 Å². The van der Waals surface area contributed by atoms with Crippen LogP contribution in [0.15, 0.2) is 35.5 Å². The first-order valence-electron chi connectivity index (χ1n) is 9.29. The van der Waals surface area contributed by atoms with E-state index in [2.05, 4.69) is 30.3 Å². The molecular formula is C19H22N6O3S. The lowest BCUT2D eigenvalue weighted by molar-refractivity contribution is -0.124. The van der Waals surface area contributed by atoms with Gasteiger partial charge in [-0.2, -0.15) is 0 Å². The number of rotatable bonds is 5. The predicted octanol–water partition coefficient (Wildman–Crippen LogP) is 1.46. The van der Waals surface area contributed by atoms with Crippen molar-refractivity contribution in [3.8, 4) is 0 Å². The molecule has 1 aliphatic rings. The molecule has 1 aromatic carbocycles. The number of amides is 1. The van der Waals surface area contributed by atoms with Crippen molar-refractivity contribution in [2.75, 3.05) is 19.4 Å². The molecule has 10 heteroatoms. The summed E-state index contributed by atoms with van der Waals surface area (Å²) < 4.78 is 26.5.